The van der Waals surface area contributed by atoms with E-state index in [1.54, 1.807) is 12.1 Å². The van der Waals surface area contributed by atoms with Crippen molar-refractivity contribution < 1.29 is 9.15 Å². The van der Waals surface area contributed by atoms with Crippen LogP contribution < -0.4 is 21.9 Å². The SMILES string of the molecule is Nc1ccc2oc(N)[n+]([O-])c2c1N. The van der Waals surface area contributed by atoms with Gasteiger partial charge in [-0.05, 0) is 12.1 Å². The topological polar surface area (TPSA) is 118 Å². The summed E-state index contributed by atoms with van der Waals surface area (Å²) in [6.07, 6.45) is 0. The molecule has 6 N–H and O–H groups in total. The molecule has 1 aromatic heterocycles. The number of fused-ring (bicyclic) bond motifs is 1. The molecule has 0 bridgehead atoms. The first-order valence-electron chi connectivity index (χ1n) is 3.56. The summed E-state index contributed by atoms with van der Waals surface area (Å²) in [7, 11) is 0. The molecule has 1 heterocycles. The van der Waals surface area contributed by atoms with Crippen LogP contribution in [0.2, 0.25) is 0 Å². The molecule has 0 spiro atoms. The van der Waals surface area contributed by atoms with Crippen molar-refractivity contribution in [2.75, 3.05) is 17.2 Å². The van der Waals surface area contributed by atoms with E-state index >= 15 is 0 Å². The minimum Gasteiger partial charge on any atom is -0.708 e. The average molecular weight is 180 g/mol. The molecule has 2 rings (SSSR count). The van der Waals surface area contributed by atoms with E-state index < -0.39 is 0 Å². The zero-order chi connectivity index (χ0) is 9.59. The predicted molar refractivity (Wildman–Crippen MR) is 48.4 cm³/mol. The number of hydrogen-bond acceptors (Lipinski definition) is 5. The molecule has 0 radical (unpaired) electrons. The van der Waals surface area contributed by atoms with E-state index in [9.17, 15) is 5.21 Å². The number of anilines is 3. The Balaban J connectivity index is 2.97. The van der Waals surface area contributed by atoms with Crippen LogP contribution in [0, 0.1) is 5.21 Å². The zero-order valence-corrected chi connectivity index (χ0v) is 6.65. The third-order valence-electron chi connectivity index (χ3n) is 1.83. The molecular weight excluding hydrogens is 172 g/mol. The number of aromatic nitrogens is 1. The van der Waals surface area contributed by atoms with Crippen molar-refractivity contribution in [1.82, 2.24) is 0 Å². The molecule has 6 nitrogen and oxygen atoms in total. The standard InChI is InChI=1S/C7H8N4O2/c8-3-1-2-4-6(5(3)9)11(12)7(10)13-4/h1-2H,8-10H2. The van der Waals surface area contributed by atoms with Crippen LogP contribution in [0.25, 0.3) is 11.1 Å². The fourth-order valence-electron chi connectivity index (χ4n) is 1.16. The van der Waals surface area contributed by atoms with Gasteiger partial charge < -0.3 is 21.1 Å². The number of oxazole rings is 1. The number of benzene rings is 1. The number of nitrogens with two attached hydrogens (primary N) is 3. The summed E-state index contributed by atoms with van der Waals surface area (Å²) in [5, 5.41) is 11.3. The first kappa shape index (κ1) is 7.53. The highest BCUT2D eigenvalue weighted by Crippen LogP contribution is 2.25. The highest BCUT2D eigenvalue weighted by atomic mass is 16.5. The average Bonchev–Trinajstić information content (AvgIpc) is 2.37. The predicted octanol–water partition coefficient (Wildman–Crippen LogP) is -0.187. The summed E-state index contributed by atoms with van der Waals surface area (Å²) >= 11 is 0. The number of rotatable bonds is 0. The molecule has 0 saturated heterocycles. The third kappa shape index (κ3) is 0.851. The van der Waals surface area contributed by atoms with Gasteiger partial charge in [0, 0.05) is 0 Å². The van der Waals surface area contributed by atoms with Gasteiger partial charge in [-0.3, -0.25) is 5.73 Å². The maximum absolute atomic E-state index is 11.3. The van der Waals surface area contributed by atoms with Gasteiger partial charge in [-0.1, -0.05) is 0 Å². The highest BCUT2D eigenvalue weighted by molar-refractivity contribution is 5.90. The molecule has 0 aliphatic heterocycles. The summed E-state index contributed by atoms with van der Waals surface area (Å²) in [5.41, 5.74) is 17.4. The second-order valence-corrected chi connectivity index (χ2v) is 2.65. The molecule has 13 heavy (non-hydrogen) atoms. The number of nitrogens with zero attached hydrogens (tertiary/aromatic N) is 1. The minimum atomic E-state index is -0.243. The van der Waals surface area contributed by atoms with Gasteiger partial charge in [0.05, 0.1) is 5.69 Å². The number of nitrogen functional groups attached to an aromatic ring is 3. The Labute approximate surface area is 73.1 Å². The Kier molecular flexibility index (Phi) is 1.27. The summed E-state index contributed by atoms with van der Waals surface area (Å²) < 4.78 is 5.34. The molecule has 68 valence electrons. The van der Waals surface area contributed by atoms with Crippen LogP contribution in [0.5, 0.6) is 0 Å². The van der Waals surface area contributed by atoms with Gasteiger partial charge in [-0.25, -0.2) is 0 Å². The van der Waals surface area contributed by atoms with Crippen molar-refractivity contribution in [2.45, 2.75) is 0 Å². The molecule has 0 fully saturated rings. The molecule has 0 saturated carbocycles. The third-order valence-corrected chi connectivity index (χ3v) is 1.83. The Hall–Kier alpha value is -2.11. The van der Waals surface area contributed by atoms with Gasteiger partial charge in [0.25, 0.3) is 0 Å². The lowest BCUT2D eigenvalue weighted by molar-refractivity contribution is -0.565. The Bertz CT molecular complexity index is 477. The van der Waals surface area contributed by atoms with E-state index in [0.29, 0.717) is 16.0 Å². The lowest BCUT2D eigenvalue weighted by Gasteiger charge is -2.01. The van der Waals surface area contributed by atoms with Crippen molar-refractivity contribution in [3.63, 3.8) is 0 Å². The maximum Gasteiger partial charge on any atom is 0.456 e. The highest BCUT2D eigenvalue weighted by Gasteiger charge is 2.15. The molecular formula is C7H8N4O2. The van der Waals surface area contributed by atoms with Crippen molar-refractivity contribution >= 4 is 28.5 Å². The fraction of sp³-hybridized carbons (Fsp3) is 0. The van der Waals surface area contributed by atoms with Gasteiger partial charge in [-0.15, -0.1) is 0 Å². The molecule has 0 amide bonds. The fourth-order valence-corrected chi connectivity index (χ4v) is 1.16. The van der Waals surface area contributed by atoms with Crippen LogP contribution in [0.4, 0.5) is 17.4 Å². The van der Waals surface area contributed by atoms with Gasteiger partial charge in [0.15, 0.2) is 5.58 Å². The van der Waals surface area contributed by atoms with E-state index in [2.05, 4.69) is 0 Å². The molecule has 6 heteroatoms. The molecule has 2 aromatic rings. The first-order chi connectivity index (χ1) is 6.11. The van der Waals surface area contributed by atoms with E-state index in [1.165, 1.54) is 0 Å². The van der Waals surface area contributed by atoms with Crippen molar-refractivity contribution in [3.8, 4) is 0 Å². The monoisotopic (exact) mass is 180 g/mol. The van der Waals surface area contributed by atoms with Crippen molar-refractivity contribution in [1.29, 1.82) is 0 Å². The molecule has 0 aliphatic carbocycles. The summed E-state index contributed by atoms with van der Waals surface area (Å²) in [6, 6.07) is 2.86. The van der Waals surface area contributed by atoms with Gasteiger partial charge in [-0.2, -0.15) is 4.73 Å². The minimum absolute atomic E-state index is 0.178. The van der Waals surface area contributed by atoms with E-state index in [-0.39, 0.29) is 17.2 Å². The smallest absolute Gasteiger partial charge is 0.456 e. The van der Waals surface area contributed by atoms with E-state index in [4.69, 9.17) is 21.6 Å². The second-order valence-electron chi connectivity index (χ2n) is 2.65. The summed E-state index contributed by atoms with van der Waals surface area (Å²) in [4.78, 5) is 0. The van der Waals surface area contributed by atoms with Gasteiger partial charge in [0.2, 0.25) is 5.52 Å². The quantitative estimate of drug-likeness (QED) is 0.295. The molecule has 0 unspecified atom stereocenters. The molecule has 0 aliphatic rings. The van der Waals surface area contributed by atoms with Crippen LogP contribution in [-0.2, 0) is 0 Å². The van der Waals surface area contributed by atoms with Crippen LogP contribution in [-0.4, -0.2) is 0 Å². The molecule has 1 aromatic carbocycles. The Morgan fingerprint density at radius 1 is 1.23 bits per heavy atom. The van der Waals surface area contributed by atoms with E-state index in [1.807, 2.05) is 0 Å². The first-order valence-corrected chi connectivity index (χ1v) is 3.56. The molecule has 0 atom stereocenters. The summed E-state index contributed by atoms with van der Waals surface area (Å²) in [6.45, 7) is 0. The van der Waals surface area contributed by atoms with Gasteiger partial charge >= 0.3 is 6.01 Å². The summed E-state index contributed by atoms with van der Waals surface area (Å²) in [5.74, 6) is 0. The second kappa shape index (κ2) is 2.19. The van der Waals surface area contributed by atoms with Crippen LogP contribution in [0.15, 0.2) is 16.5 Å². The Morgan fingerprint density at radius 2 is 1.92 bits per heavy atom. The van der Waals surface area contributed by atoms with Crippen LogP contribution in [0.1, 0.15) is 0 Å². The zero-order valence-electron chi connectivity index (χ0n) is 6.65. The van der Waals surface area contributed by atoms with Gasteiger partial charge in [0.1, 0.15) is 5.69 Å². The maximum atomic E-state index is 11.3. The van der Waals surface area contributed by atoms with Crippen LogP contribution >= 0.6 is 0 Å². The Morgan fingerprint density at radius 3 is 2.62 bits per heavy atom. The largest absolute Gasteiger partial charge is 0.708 e. The normalized spacial score (nSPS) is 10.8. The lowest BCUT2D eigenvalue weighted by Crippen LogP contribution is -2.28. The lowest BCUT2D eigenvalue weighted by atomic mass is 10.2. The van der Waals surface area contributed by atoms with Crippen LogP contribution in [0.3, 0.4) is 0 Å². The van der Waals surface area contributed by atoms with Crippen molar-refractivity contribution in [3.05, 3.63) is 17.3 Å². The van der Waals surface area contributed by atoms with Crippen molar-refractivity contribution in [2.24, 2.45) is 0 Å². The number of hydrogen-bond donors (Lipinski definition) is 3. The van der Waals surface area contributed by atoms with E-state index in [0.717, 1.165) is 0 Å².